The van der Waals surface area contributed by atoms with Crippen molar-refractivity contribution >= 4 is 44.7 Å². The minimum Gasteiger partial charge on any atom is -0.462 e. The van der Waals surface area contributed by atoms with Crippen LogP contribution in [-0.2, 0) is 19.6 Å². The van der Waals surface area contributed by atoms with Crippen LogP contribution in [0.1, 0.15) is 41.3 Å². The average molecular weight is 549 g/mol. The number of rotatable bonds is 11. The van der Waals surface area contributed by atoms with E-state index in [2.05, 4.69) is 10.6 Å². The molecule has 1 aliphatic heterocycles. The number of sulfonamides is 1. The lowest BCUT2D eigenvalue weighted by molar-refractivity contribution is -0.115. The van der Waals surface area contributed by atoms with E-state index in [4.69, 9.17) is 9.73 Å². The predicted molar refractivity (Wildman–Crippen MR) is 154 cm³/mol. The van der Waals surface area contributed by atoms with E-state index in [1.807, 2.05) is 37.3 Å². The van der Waals surface area contributed by atoms with Crippen LogP contribution in [-0.4, -0.2) is 58.5 Å². The second kappa shape index (κ2) is 12.2. The number of fused-ring (bicyclic) bond motifs is 1. The van der Waals surface area contributed by atoms with Crippen molar-refractivity contribution < 1.29 is 22.7 Å². The molecule has 1 atom stereocenters. The molecule has 0 radical (unpaired) electrons. The standard InChI is InChI=1S/C29H32N4O5S/c1-4-30-17-18-33(39(3,36)37)23-14-12-22(13-15-23)31-27(20-9-7-6-8-10-20)26-24-16-11-21(29(35)38-5-2)19-25(24)32-28(26)34/h6-16,19,26,30H,4-5,17-18H2,1-3H3,(H,32,34). The molecule has 0 spiro atoms. The molecule has 0 bridgehead atoms. The summed E-state index contributed by atoms with van der Waals surface area (Å²) in [6.45, 7) is 5.53. The van der Waals surface area contributed by atoms with Gasteiger partial charge in [-0.05, 0) is 61.0 Å². The van der Waals surface area contributed by atoms with Crippen LogP contribution in [0.3, 0.4) is 0 Å². The fourth-order valence-corrected chi connectivity index (χ4v) is 5.38. The Balaban J connectivity index is 1.71. The quantitative estimate of drug-likeness (QED) is 0.212. The third-order valence-electron chi connectivity index (χ3n) is 6.27. The zero-order valence-corrected chi connectivity index (χ0v) is 23.0. The van der Waals surface area contributed by atoms with Gasteiger partial charge in [0, 0.05) is 18.8 Å². The van der Waals surface area contributed by atoms with Crippen LogP contribution >= 0.6 is 0 Å². The van der Waals surface area contributed by atoms with E-state index in [0.717, 1.165) is 12.1 Å². The molecule has 10 heteroatoms. The molecule has 2 N–H and O–H groups in total. The molecule has 1 amide bonds. The topological polar surface area (TPSA) is 117 Å². The average Bonchev–Trinajstić information content (AvgIpc) is 3.25. The predicted octanol–water partition coefficient (Wildman–Crippen LogP) is 4.10. The van der Waals surface area contributed by atoms with Gasteiger partial charge in [0.25, 0.3) is 0 Å². The number of likely N-dealkylation sites (N-methyl/N-ethyl adjacent to an activating group) is 1. The molecular weight excluding hydrogens is 516 g/mol. The monoisotopic (exact) mass is 548 g/mol. The molecule has 39 heavy (non-hydrogen) atoms. The number of ether oxygens (including phenoxy) is 1. The number of hydrogen-bond donors (Lipinski definition) is 2. The minimum absolute atomic E-state index is 0.253. The van der Waals surface area contributed by atoms with Crippen LogP contribution < -0.4 is 14.9 Å². The van der Waals surface area contributed by atoms with Gasteiger partial charge in [-0.25, -0.2) is 13.2 Å². The van der Waals surface area contributed by atoms with Gasteiger partial charge >= 0.3 is 5.97 Å². The van der Waals surface area contributed by atoms with E-state index in [-0.39, 0.29) is 12.5 Å². The van der Waals surface area contributed by atoms with Crippen LogP contribution in [0, 0.1) is 0 Å². The maximum Gasteiger partial charge on any atom is 0.338 e. The van der Waals surface area contributed by atoms with Crippen LogP contribution in [0.4, 0.5) is 17.1 Å². The van der Waals surface area contributed by atoms with Gasteiger partial charge in [0.1, 0.15) is 5.92 Å². The molecule has 4 rings (SSSR count). The van der Waals surface area contributed by atoms with E-state index in [9.17, 15) is 18.0 Å². The summed E-state index contributed by atoms with van der Waals surface area (Å²) in [6, 6.07) is 21.3. The first kappa shape index (κ1) is 28.0. The zero-order chi connectivity index (χ0) is 28.0. The molecule has 1 heterocycles. The highest BCUT2D eigenvalue weighted by Crippen LogP contribution is 2.37. The van der Waals surface area contributed by atoms with Gasteiger partial charge in [0.2, 0.25) is 15.9 Å². The molecule has 204 valence electrons. The van der Waals surface area contributed by atoms with Gasteiger partial charge in [0.15, 0.2) is 0 Å². The van der Waals surface area contributed by atoms with Crippen molar-refractivity contribution in [1.82, 2.24) is 5.32 Å². The molecular formula is C29H32N4O5S. The van der Waals surface area contributed by atoms with Gasteiger partial charge < -0.3 is 15.4 Å². The molecule has 0 aliphatic carbocycles. The number of carbonyl (C=O) groups is 2. The summed E-state index contributed by atoms with van der Waals surface area (Å²) in [5.41, 5.74) is 4.02. The first-order valence-corrected chi connectivity index (χ1v) is 14.6. The lowest BCUT2D eigenvalue weighted by Crippen LogP contribution is -2.36. The van der Waals surface area contributed by atoms with Crippen molar-refractivity contribution in [1.29, 1.82) is 0 Å². The molecule has 1 aliphatic rings. The number of benzene rings is 3. The first-order chi connectivity index (χ1) is 18.7. The number of aliphatic imine (C=N–C) groups is 1. The van der Waals surface area contributed by atoms with Crippen molar-refractivity contribution in [3.8, 4) is 0 Å². The molecule has 0 saturated heterocycles. The Bertz CT molecular complexity index is 1470. The zero-order valence-electron chi connectivity index (χ0n) is 22.2. The Morgan fingerprint density at radius 3 is 2.38 bits per heavy atom. The number of carbonyl (C=O) groups excluding carboxylic acids is 2. The van der Waals surface area contributed by atoms with E-state index in [1.165, 1.54) is 10.6 Å². The highest BCUT2D eigenvalue weighted by molar-refractivity contribution is 7.92. The molecule has 3 aromatic carbocycles. The second-order valence-electron chi connectivity index (χ2n) is 9.01. The van der Waals surface area contributed by atoms with Crippen LogP contribution in [0.5, 0.6) is 0 Å². The van der Waals surface area contributed by atoms with Gasteiger partial charge in [-0.2, -0.15) is 0 Å². The summed E-state index contributed by atoms with van der Waals surface area (Å²) in [5.74, 6) is -1.41. The highest BCUT2D eigenvalue weighted by Gasteiger charge is 2.36. The van der Waals surface area contributed by atoms with Crippen LogP contribution in [0.2, 0.25) is 0 Å². The molecule has 0 fully saturated rings. The number of anilines is 2. The maximum absolute atomic E-state index is 13.2. The Hall–Kier alpha value is -4.02. The molecule has 0 aromatic heterocycles. The molecule has 3 aromatic rings. The number of nitrogens with one attached hydrogen (secondary N) is 2. The number of nitrogens with zero attached hydrogens (tertiary/aromatic N) is 2. The largest absolute Gasteiger partial charge is 0.462 e. The third kappa shape index (κ3) is 6.52. The summed E-state index contributed by atoms with van der Waals surface area (Å²) < 4.78 is 31.2. The van der Waals surface area contributed by atoms with Crippen molar-refractivity contribution in [2.24, 2.45) is 4.99 Å². The van der Waals surface area contributed by atoms with E-state index < -0.39 is 21.9 Å². The maximum atomic E-state index is 13.2. The fourth-order valence-electron chi connectivity index (χ4n) is 4.46. The lowest BCUT2D eigenvalue weighted by atomic mass is 9.90. The Kier molecular flexibility index (Phi) is 8.78. The first-order valence-electron chi connectivity index (χ1n) is 12.8. The van der Waals surface area contributed by atoms with Crippen LogP contribution in [0.15, 0.2) is 77.8 Å². The summed E-state index contributed by atoms with van der Waals surface area (Å²) in [6.07, 6.45) is 1.18. The smallest absolute Gasteiger partial charge is 0.338 e. The summed E-state index contributed by atoms with van der Waals surface area (Å²) in [7, 11) is -3.47. The summed E-state index contributed by atoms with van der Waals surface area (Å²) >= 11 is 0. The number of esters is 1. The highest BCUT2D eigenvalue weighted by atomic mass is 32.2. The minimum atomic E-state index is -3.47. The third-order valence-corrected chi connectivity index (χ3v) is 7.46. The summed E-state index contributed by atoms with van der Waals surface area (Å²) in [5, 5.41) is 6.02. The van der Waals surface area contributed by atoms with Crippen molar-refractivity contribution in [2.75, 3.05) is 42.1 Å². The normalized spacial score (nSPS) is 15.0. The molecule has 1 unspecified atom stereocenters. The SMILES string of the molecule is CCNCCN(c1ccc(N=C(c2ccccc2)C2C(=O)Nc3cc(C(=O)OCC)ccc32)cc1)S(C)(=O)=O. The van der Waals surface area contributed by atoms with Gasteiger partial charge in [-0.1, -0.05) is 43.3 Å². The van der Waals surface area contributed by atoms with Gasteiger partial charge in [0.05, 0.1) is 35.5 Å². The molecule has 9 nitrogen and oxygen atoms in total. The van der Waals surface area contributed by atoms with E-state index in [1.54, 1.807) is 49.4 Å². The van der Waals surface area contributed by atoms with Crippen molar-refractivity contribution in [3.05, 3.63) is 89.5 Å². The van der Waals surface area contributed by atoms with E-state index in [0.29, 0.717) is 47.0 Å². The molecule has 0 saturated carbocycles. The van der Waals surface area contributed by atoms with Gasteiger partial charge in [-0.15, -0.1) is 0 Å². The number of hydrogen-bond acceptors (Lipinski definition) is 7. The van der Waals surface area contributed by atoms with E-state index >= 15 is 0 Å². The van der Waals surface area contributed by atoms with Crippen molar-refractivity contribution in [2.45, 2.75) is 19.8 Å². The van der Waals surface area contributed by atoms with Gasteiger partial charge in [-0.3, -0.25) is 14.1 Å². The Morgan fingerprint density at radius 1 is 1.03 bits per heavy atom. The summed E-state index contributed by atoms with van der Waals surface area (Å²) in [4.78, 5) is 30.3. The Morgan fingerprint density at radius 2 is 1.74 bits per heavy atom. The Labute approximate surface area is 229 Å². The lowest BCUT2D eigenvalue weighted by Gasteiger charge is -2.22. The second-order valence-corrected chi connectivity index (χ2v) is 10.9. The van der Waals surface area contributed by atoms with Crippen LogP contribution in [0.25, 0.3) is 0 Å². The fraction of sp³-hybridized carbons (Fsp3) is 0.276. The number of amides is 1. The van der Waals surface area contributed by atoms with Crippen molar-refractivity contribution in [3.63, 3.8) is 0 Å².